The Labute approximate surface area is 265 Å². The van der Waals surface area contributed by atoms with Gasteiger partial charge in [0.25, 0.3) is 11.8 Å². The van der Waals surface area contributed by atoms with Crippen molar-refractivity contribution in [1.82, 2.24) is 10.2 Å². The Kier molecular flexibility index (Phi) is 11.1. The van der Waals surface area contributed by atoms with E-state index in [-0.39, 0.29) is 51.0 Å². The maximum absolute atomic E-state index is 13.5. The van der Waals surface area contributed by atoms with Crippen LogP contribution in [0.4, 0.5) is 16.2 Å². The van der Waals surface area contributed by atoms with Gasteiger partial charge in [0.2, 0.25) is 0 Å². The molecule has 0 bridgehead atoms. The number of aliphatic carboxylic acids is 1. The highest BCUT2D eigenvalue weighted by Gasteiger charge is 2.27. The summed E-state index contributed by atoms with van der Waals surface area (Å²) in [4.78, 5) is 53.0. The summed E-state index contributed by atoms with van der Waals surface area (Å²) in [6.45, 7) is 0. The average Bonchev–Trinajstić information content (AvgIpc) is 3.01. The molecule has 1 aliphatic rings. The van der Waals surface area contributed by atoms with E-state index in [1.54, 1.807) is 72.6 Å². The highest BCUT2D eigenvalue weighted by molar-refractivity contribution is 6.40. The molecule has 0 spiro atoms. The number of ether oxygens (including phenoxy) is 1. The molecule has 1 aliphatic carbocycles. The zero-order chi connectivity index (χ0) is 31.8. The number of rotatable bonds is 10. The van der Waals surface area contributed by atoms with Gasteiger partial charge in [-0.05, 0) is 54.8 Å². The van der Waals surface area contributed by atoms with Crippen molar-refractivity contribution in [1.29, 1.82) is 0 Å². The Balaban J connectivity index is 1.43. The molecule has 0 saturated heterocycles. The van der Waals surface area contributed by atoms with Crippen LogP contribution in [0.2, 0.25) is 10.0 Å². The summed E-state index contributed by atoms with van der Waals surface area (Å²) in [6.07, 6.45) is 5.04. The third kappa shape index (κ3) is 8.00. The summed E-state index contributed by atoms with van der Waals surface area (Å²) in [5.74, 6) is -1.73. The van der Waals surface area contributed by atoms with Crippen LogP contribution >= 0.6 is 23.2 Å². The van der Waals surface area contributed by atoms with Crippen LogP contribution < -0.4 is 20.7 Å². The van der Waals surface area contributed by atoms with Gasteiger partial charge >= 0.3 is 12.0 Å². The lowest BCUT2D eigenvalue weighted by atomic mass is 9.94. The molecule has 1 atom stereocenters. The minimum atomic E-state index is -1.30. The summed E-state index contributed by atoms with van der Waals surface area (Å²) in [6, 6.07) is 14.1. The minimum Gasteiger partial charge on any atom is -0.495 e. The zero-order valence-electron chi connectivity index (χ0n) is 24.4. The third-order valence-corrected chi connectivity index (χ3v) is 8.23. The van der Waals surface area contributed by atoms with Crippen LogP contribution in [0.3, 0.4) is 0 Å². The monoisotopic (exact) mass is 640 g/mol. The van der Waals surface area contributed by atoms with Crippen molar-refractivity contribution in [3.05, 3.63) is 87.4 Å². The number of hydrogen-bond acceptors (Lipinski definition) is 5. The molecule has 0 aliphatic heterocycles. The molecule has 0 radical (unpaired) electrons. The van der Waals surface area contributed by atoms with Crippen molar-refractivity contribution >= 4 is 58.4 Å². The van der Waals surface area contributed by atoms with Crippen molar-refractivity contribution < 1.29 is 29.0 Å². The van der Waals surface area contributed by atoms with E-state index in [0.29, 0.717) is 11.3 Å². The Morgan fingerprint density at radius 1 is 0.932 bits per heavy atom. The number of carbonyl (C=O) groups is 4. The molecule has 12 heteroatoms. The molecule has 10 nitrogen and oxygen atoms in total. The van der Waals surface area contributed by atoms with Crippen LogP contribution in [0.25, 0.3) is 0 Å². The van der Waals surface area contributed by atoms with Gasteiger partial charge in [-0.25, -0.2) is 9.59 Å². The second-order valence-electron chi connectivity index (χ2n) is 10.5. The maximum Gasteiger partial charge on any atom is 0.326 e. The van der Waals surface area contributed by atoms with E-state index in [1.807, 2.05) is 0 Å². The van der Waals surface area contributed by atoms with Crippen LogP contribution in [-0.2, 0) is 11.2 Å². The summed E-state index contributed by atoms with van der Waals surface area (Å²) in [5.41, 5.74) is 1.58. The molecule has 0 unspecified atom stereocenters. The SMILES string of the molecule is COc1cccc(C(=O)N(C)C2CCCCC2)c1NC(=O)N[C@@H](Cc1ccc(NC(=O)c2c(Cl)cccc2Cl)cc1)C(=O)O. The second-order valence-corrected chi connectivity index (χ2v) is 11.3. The number of hydrogen-bond donors (Lipinski definition) is 4. The number of para-hydroxylation sites is 1. The Bertz CT molecular complexity index is 1510. The number of carboxylic acids is 1. The topological polar surface area (TPSA) is 137 Å². The van der Waals surface area contributed by atoms with E-state index in [2.05, 4.69) is 16.0 Å². The standard InChI is InChI=1S/C32H34Cl2N4O6/c1-38(21-8-4-3-5-9-21)30(40)22-10-6-13-26(44-2)28(22)37-32(43)36-25(31(41)42)18-19-14-16-20(17-15-19)35-29(39)27-23(33)11-7-12-24(27)34/h6-7,10-17,21,25H,3-5,8-9,18H2,1-2H3,(H,35,39)(H,41,42)(H2,36,37,43)/t25-/m0/s1. The fraction of sp³-hybridized carbons (Fsp3) is 0.312. The lowest BCUT2D eigenvalue weighted by Gasteiger charge is -2.32. The van der Waals surface area contributed by atoms with Crippen LogP contribution in [0.15, 0.2) is 60.7 Å². The van der Waals surface area contributed by atoms with E-state index in [1.165, 1.54) is 7.11 Å². The lowest BCUT2D eigenvalue weighted by Crippen LogP contribution is -2.44. The number of halogens is 2. The number of carbonyl (C=O) groups excluding carboxylic acids is 3. The molecular formula is C32H34Cl2N4O6. The van der Waals surface area contributed by atoms with E-state index in [0.717, 1.165) is 32.1 Å². The van der Waals surface area contributed by atoms with Gasteiger partial charge in [0, 0.05) is 25.2 Å². The molecule has 1 saturated carbocycles. The fourth-order valence-corrected chi connectivity index (χ4v) is 5.78. The predicted molar refractivity (Wildman–Crippen MR) is 170 cm³/mol. The smallest absolute Gasteiger partial charge is 0.326 e. The zero-order valence-corrected chi connectivity index (χ0v) is 25.9. The average molecular weight is 642 g/mol. The predicted octanol–water partition coefficient (Wildman–Crippen LogP) is 6.48. The van der Waals surface area contributed by atoms with Crippen molar-refractivity contribution in [2.75, 3.05) is 24.8 Å². The maximum atomic E-state index is 13.5. The summed E-state index contributed by atoms with van der Waals surface area (Å²) in [7, 11) is 3.18. The summed E-state index contributed by atoms with van der Waals surface area (Å²) >= 11 is 12.2. The van der Waals surface area contributed by atoms with Crippen molar-refractivity contribution in [3.8, 4) is 5.75 Å². The second kappa shape index (κ2) is 14.9. The van der Waals surface area contributed by atoms with Gasteiger partial charge in [-0.3, -0.25) is 9.59 Å². The van der Waals surface area contributed by atoms with Gasteiger partial charge in [-0.2, -0.15) is 0 Å². The molecule has 1 fully saturated rings. The first-order valence-corrected chi connectivity index (χ1v) is 14.9. The quantitative estimate of drug-likeness (QED) is 0.200. The van der Waals surface area contributed by atoms with E-state index in [4.69, 9.17) is 27.9 Å². The van der Waals surface area contributed by atoms with Crippen LogP contribution in [-0.4, -0.2) is 60.1 Å². The van der Waals surface area contributed by atoms with E-state index in [9.17, 15) is 24.3 Å². The molecule has 232 valence electrons. The first-order chi connectivity index (χ1) is 21.1. The largest absolute Gasteiger partial charge is 0.495 e. The number of methoxy groups -OCH3 is 1. The number of urea groups is 1. The molecule has 44 heavy (non-hydrogen) atoms. The summed E-state index contributed by atoms with van der Waals surface area (Å²) < 4.78 is 5.42. The molecule has 3 aromatic rings. The number of benzene rings is 3. The lowest BCUT2D eigenvalue weighted by molar-refractivity contribution is -0.139. The Morgan fingerprint density at radius 3 is 2.18 bits per heavy atom. The molecule has 3 aromatic carbocycles. The normalized spacial score (nSPS) is 13.8. The fourth-order valence-electron chi connectivity index (χ4n) is 5.21. The number of nitrogens with zero attached hydrogens (tertiary/aromatic N) is 1. The molecule has 0 heterocycles. The molecular weight excluding hydrogens is 607 g/mol. The first-order valence-electron chi connectivity index (χ1n) is 14.2. The molecule has 4 amide bonds. The van der Waals surface area contributed by atoms with Gasteiger partial charge in [-0.1, -0.05) is 66.7 Å². The minimum absolute atomic E-state index is 0.0462. The number of nitrogens with one attached hydrogen (secondary N) is 3. The van der Waals surface area contributed by atoms with Gasteiger partial charge in [0.05, 0.1) is 34.0 Å². The molecule has 0 aromatic heterocycles. The molecule has 4 N–H and O–H groups in total. The van der Waals surface area contributed by atoms with Crippen LogP contribution in [0.1, 0.15) is 58.4 Å². The van der Waals surface area contributed by atoms with Crippen molar-refractivity contribution in [2.45, 2.75) is 50.6 Å². The third-order valence-electron chi connectivity index (χ3n) is 7.60. The molecule has 4 rings (SSSR count). The van der Waals surface area contributed by atoms with Gasteiger partial charge in [-0.15, -0.1) is 0 Å². The first kappa shape index (κ1) is 32.6. The van der Waals surface area contributed by atoms with Crippen LogP contribution in [0.5, 0.6) is 5.75 Å². The Hall–Kier alpha value is -4.28. The van der Waals surface area contributed by atoms with Gasteiger partial charge in [0.15, 0.2) is 0 Å². The number of amides is 4. The van der Waals surface area contributed by atoms with Crippen molar-refractivity contribution in [2.24, 2.45) is 0 Å². The summed E-state index contributed by atoms with van der Waals surface area (Å²) in [5, 5.41) is 18.1. The number of carboxylic acid groups (broad SMARTS) is 1. The van der Waals surface area contributed by atoms with E-state index >= 15 is 0 Å². The highest BCUT2D eigenvalue weighted by atomic mass is 35.5. The van der Waals surface area contributed by atoms with E-state index < -0.39 is 23.9 Å². The Morgan fingerprint density at radius 2 is 1.57 bits per heavy atom. The van der Waals surface area contributed by atoms with Gasteiger partial charge in [0.1, 0.15) is 11.8 Å². The van der Waals surface area contributed by atoms with Gasteiger partial charge < -0.3 is 30.7 Å². The van der Waals surface area contributed by atoms with Crippen LogP contribution in [0, 0.1) is 0 Å². The van der Waals surface area contributed by atoms with Crippen molar-refractivity contribution in [3.63, 3.8) is 0 Å². The number of anilines is 2. The highest BCUT2D eigenvalue weighted by Crippen LogP contribution is 2.31.